The SMILES string of the molecule is CCN(CC)C(C(=O)N(C)Cc1sccc1C)c1ccccc1. The number of rotatable bonds is 7. The molecule has 1 aromatic heterocycles. The number of carbonyl (C=O) groups excluding carboxylic acids is 1. The number of likely N-dealkylation sites (N-methyl/N-ethyl adjacent to an activating group) is 2. The van der Waals surface area contributed by atoms with Gasteiger partial charge in [0, 0.05) is 11.9 Å². The lowest BCUT2D eigenvalue weighted by Crippen LogP contribution is -2.41. The molecule has 23 heavy (non-hydrogen) atoms. The molecule has 2 rings (SSSR count). The Kier molecular flexibility index (Phi) is 6.37. The first-order valence-electron chi connectivity index (χ1n) is 8.15. The highest BCUT2D eigenvalue weighted by molar-refractivity contribution is 7.10. The smallest absolute Gasteiger partial charge is 0.244 e. The van der Waals surface area contributed by atoms with Crippen LogP contribution in [-0.4, -0.2) is 35.8 Å². The second-order valence-electron chi connectivity index (χ2n) is 5.76. The fraction of sp³-hybridized carbons (Fsp3) is 0.421. The van der Waals surface area contributed by atoms with Gasteiger partial charge in [-0.3, -0.25) is 9.69 Å². The Morgan fingerprint density at radius 3 is 2.30 bits per heavy atom. The molecule has 0 saturated heterocycles. The zero-order chi connectivity index (χ0) is 16.8. The zero-order valence-electron chi connectivity index (χ0n) is 14.5. The monoisotopic (exact) mass is 330 g/mol. The minimum Gasteiger partial charge on any atom is -0.339 e. The van der Waals surface area contributed by atoms with Gasteiger partial charge in [-0.2, -0.15) is 0 Å². The van der Waals surface area contributed by atoms with Crippen molar-refractivity contribution in [3.63, 3.8) is 0 Å². The van der Waals surface area contributed by atoms with Crippen molar-refractivity contribution in [2.45, 2.75) is 33.4 Å². The van der Waals surface area contributed by atoms with E-state index in [1.807, 2.05) is 42.3 Å². The van der Waals surface area contributed by atoms with Gasteiger partial charge in [0.15, 0.2) is 0 Å². The van der Waals surface area contributed by atoms with E-state index in [1.54, 1.807) is 11.3 Å². The first kappa shape index (κ1) is 17.7. The molecule has 1 amide bonds. The largest absolute Gasteiger partial charge is 0.339 e. The van der Waals surface area contributed by atoms with Crippen molar-refractivity contribution in [1.82, 2.24) is 9.80 Å². The van der Waals surface area contributed by atoms with Crippen LogP contribution in [0.3, 0.4) is 0 Å². The Morgan fingerprint density at radius 2 is 1.78 bits per heavy atom. The predicted octanol–water partition coefficient (Wildman–Crippen LogP) is 4.10. The van der Waals surface area contributed by atoms with Crippen LogP contribution in [0.4, 0.5) is 0 Å². The Morgan fingerprint density at radius 1 is 1.13 bits per heavy atom. The van der Waals surface area contributed by atoms with Crippen LogP contribution in [0.5, 0.6) is 0 Å². The molecule has 1 aromatic carbocycles. The maximum Gasteiger partial charge on any atom is 0.244 e. The number of benzene rings is 1. The number of thiophene rings is 1. The van der Waals surface area contributed by atoms with Gasteiger partial charge in [0.2, 0.25) is 5.91 Å². The van der Waals surface area contributed by atoms with Crippen LogP contribution in [0, 0.1) is 6.92 Å². The summed E-state index contributed by atoms with van der Waals surface area (Å²) < 4.78 is 0. The molecule has 0 fully saturated rings. The minimum absolute atomic E-state index is 0.160. The molecular weight excluding hydrogens is 304 g/mol. The van der Waals surface area contributed by atoms with Crippen molar-refractivity contribution >= 4 is 17.2 Å². The van der Waals surface area contributed by atoms with Crippen LogP contribution in [0.25, 0.3) is 0 Å². The van der Waals surface area contributed by atoms with Crippen molar-refractivity contribution in [2.75, 3.05) is 20.1 Å². The first-order chi connectivity index (χ1) is 11.1. The fourth-order valence-electron chi connectivity index (χ4n) is 2.80. The molecule has 3 nitrogen and oxygen atoms in total. The predicted molar refractivity (Wildman–Crippen MR) is 97.6 cm³/mol. The lowest BCUT2D eigenvalue weighted by molar-refractivity contribution is -0.136. The third kappa shape index (κ3) is 4.21. The van der Waals surface area contributed by atoms with Gasteiger partial charge in [-0.15, -0.1) is 11.3 Å². The van der Waals surface area contributed by atoms with Gasteiger partial charge < -0.3 is 4.90 Å². The minimum atomic E-state index is -0.212. The maximum absolute atomic E-state index is 13.1. The molecular formula is C19H26N2OS. The molecule has 2 aromatic rings. The third-order valence-electron chi connectivity index (χ3n) is 4.25. The average molecular weight is 330 g/mol. The second-order valence-corrected chi connectivity index (χ2v) is 6.76. The van der Waals surface area contributed by atoms with Gasteiger partial charge in [0.1, 0.15) is 6.04 Å². The molecule has 4 heteroatoms. The quantitative estimate of drug-likeness (QED) is 0.763. The molecule has 1 heterocycles. The average Bonchev–Trinajstić information content (AvgIpc) is 2.97. The van der Waals surface area contributed by atoms with E-state index in [-0.39, 0.29) is 11.9 Å². The van der Waals surface area contributed by atoms with Crippen molar-refractivity contribution in [3.05, 3.63) is 57.8 Å². The van der Waals surface area contributed by atoms with Crippen molar-refractivity contribution in [1.29, 1.82) is 0 Å². The van der Waals surface area contributed by atoms with Gasteiger partial charge >= 0.3 is 0 Å². The molecule has 1 atom stereocenters. The van der Waals surface area contributed by atoms with E-state index in [4.69, 9.17) is 0 Å². The van der Waals surface area contributed by atoms with E-state index in [9.17, 15) is 4.79 Å². The van der Waals surface area contributed by atoms with Gasteiger partial charge in [0.05, 0.1) is 6.54 Å². The van der Waals surface area contributed by atoms with Crippen LogP contribution >= 0.6 is 11.3 Å². The van der Waals surface area contributed by atoms with Gasteiger partial charge in [-0.1, -0.05) is 44.2 Å². The maximum atomic E-state index is 13.1. The summed E-state index contributed by atoms with van der Waals surface area (Å²) in [5, 5.41) is 2.09. The number of amides is 1. The number of carbonyl (C=O) groups is 1. The van der Waals surface area contributed by atoms with Gasteiger partial charge in [0.25, 0.3) is 0 Å². The summed E-state index contributed by atoms with van der Waals surface area (Å²) in [5.74, 6) is 0.160. The van der Waals surface area contributed by atoms with Crippen LogP contribution in [0.15, 0.2) is 41.8 Å². The van der Waals surface area contributed by atoms with E-state index >= 15 is 0 Å². The van der Waals surface area contributed by atoms with E-state index in [1.165, 1.54) is 10.4 Å². The standard InChI is InChI=1S/C19H26N2OS/c1-5-21(6-2)18(16-10-8-7-9-11-16)19(22)20(4)14-17-15(3)12-13-23-17/h7-13,18H,5-6,14H2,1-4H3. The van der Waals surface area contributed by atoms with Crippen LogP contribution in [-0.2, 0) is 11.3 Å². The summed E-state index contributed by atoms with van der Waals surface area (Å²) in [6.07, 6.45) is 0. The Labute approximate surface area is 143 Å². The summed E-state index contributed by atoms with van der Waals surface area (Å²) >= 11 is 1.72. The van der Waals surface area contributed by atoms with Crippen molar-refractivity contribution < 1.29 is 4.79 Å². The van der Waals surface area contributed by atoms with E-state index in [0.717, 1.165) is 18.7 Å². The summed E-state index contributed by atoms with van der Waals surface area (Å²) in [7, 11) is 1.90. The molecule has 0 radical (unpaired) electrons. The first-order valence-corrected chi connectivity index (χ1v) is 9.03. The van der Waals surface area contributed by atoms with E-state index in [2.05, 4.69) is 37.1 Å². The molecule has 0 saturated carbocycles. The highest BCUT2D eigenvalue weighted by Crippen LogP contribution is 2.25. The highest BCUT2D eigenvalue weighted by Gasteiger charge is 2.28. The normalized spacial score (nSPS) is 12.4. The van der Waals surface area contributed by atoms with Gasteiger partial charge in [-0.05, 0) is 42.6 Å². The fourth-order valence-corrected chi connectivity index (χ4v) is 3.76. The van der Waals surface area contributed by atoms with Crippen LogP contribution < -0.4 is 0 Å². The molecule has 0 aliphatic carbocycles. The molecule has 0 aliphatic heterocycles. The molecule has 0 aliphatic rings. The Balaban J connectivity index is 2.24. The van der Waals surface area contributed by atoms with Crippen molar-refractivity contribution in [3.8, 4) is 0 Å². The topological polar surface area (TPSA) is 23.6 Å². The summed E-state index contributed by atoms with van der Waals surface area (Å²) in [4.78, 5) is 18.5. The zero-order valence-corrected chi connectivity index (χ0v) is 15.3. The van der Waals surface area contributed by atoms with Crippen LogP contribution in [0.2, 0.25) is 0 Å². The van der Waals surface area contributed by atoms with E-state index < -0.39 is 0 Å². The Bertz CT molecular complexity index is 619. The number of aryl methyl sites for hydroxylation is 1. The molecule has 1 unspecified atom stereocenters. The molecule has 124 valence electrons. The molecule has 0 bridgehead atoms. The lowest BCUT2D eigenvalue weighted by atomic mass is 10.0. The molecule has 0 N–H and O–H groups in total. The van der Waals surface area contributed by atoms with Gasteiger partial charge in [-0.25, -0.2) is 0 Å². The number of hydrogen-bond donors (Lipinski definition) is 0. The summed E-state index contributed by atoms with van der Waals surface area (Å²) in [6.45, 7) is 8.70. The number of nitrogens with zero attached hydrogens (tertiary/aromatic N) is 2. The van der Waals surface area contributed by atoms with Crippen LogP contribution in [0.1, 0.15) is 35.9 Å². The van der Waals surface area contributed by atoms with Crippen molar-refractivity contribution in [2.24, 2.45) is 0 Å². The lowest BCUT2D eigenvalue weighted by Gasteiger charge is -2.32. The number of hydrogen-bond acceptors (Lipinski definition) is 3. The second kappa shape index (κ2) is 8.27. The molecule has 0 spiro atoms. The Hall–Kier alpha value is -1.65. The highest BCUT2D eigenvalue weighted by atomic mass is 32.1. The van der Waals surface area contributed by atoms with E-state index in [0.29, 0.717) is 6.54 Å². The summed E-state index contributed by atoms with van der Waals surface area (Å²) in [6, 6.07) is 12.0. The summed E-state index contributed by atoms with van der Waals surface area (Å²) in [5.41, 5.74) is 2.32. The third-order valence-corrected chi connectivity index (χ3v) is 5.26.